The molecule has 3 aromatic heterocycles. The van der Waals surface area contributed by atoms with Gasteiger partial charge in [-0.25, -0.2) is 4.98 Å². The second-order valence-corrected chi connectivity index (χ2v) is 7.72. The summed E-state index contributed by atoms with van der Waals surface area (Å²) in [5, 5.41) is 13.0. The average molecular weight is 419 g/mol. The molecular formula is C22H21N5O4. The highest BCUT2D eigenvalue weighted by molar-refractivity contribution is 5.73. The second kappa shape index (κ2) is 8.02. The Balaban J connectivity index is 1.45. The molecular weight excluding hydrogens is 398 g/mol. The lowest BCUT2D eigenvalue weighted by molar-refractivity contribution is -0.148. The summed E-state index contributed by atoms with van der Waals surface area (Å²) in [6.07, 6.45) is 3.39. The van der Waals surface area contributed by atoms with Crippen LogP contribution in [-0.2, 0) is 4.79 Å². The Bertz CT molecular complexity index is 1190. The fraction of sp³-hybridized carbons (Fsp3) is 0.227. The summed E-state index contributed by atoms with van der Waals surface area (Å²) in [4.78, 5) is 27.4. The van der Waals surface area contributed by atoms with Gasteiger partial charge in [0, 0.05) is 24.2 Å². The molecule has 0 atom stereocenters. The van der Waals surface area contributed by atoms with E-state index in [1.807, 2.05) is 24.3 Å². The minimum Gasteiger partial charge on any atom is -0.492 e. The van der Waals surface area contributed by atoms with Crippen molar-refractivity contribution in [1.29, 1.82) is 0 Å². The molecule has 0 radical (unpaired) electrons. The van der Waals surface area contributed by atoms with Gasteiger partial charge in [0.05, 0.1) is 17.3 Å². The van der Waals surface area contributed by atoms with E-state index in [-0.39, 0.29) is 6.61 Å². The maximum atomic E-state index is 11.2. The number of pyridine rings is 1. The Morgan fingerprint density at radius 1 is 1.10 bits per heavy atom. The monoisotopic (exact) mass is 419 g/mol. The first-order valence-electron chi connectivity index (χ1n) is 9.60. The van der Waals surface area contributed by atoms with Gasteiger partial charge in [0.1, 0.15) is 23.9 Å². The predicted molar refractivity (Wildman–Crippen MR) is 112 cm³/mol. The number of nitrogens with one attached hydrogen (secondary N) is 1. The molecule has 0 aliphatic carbocycles. The Morgan fingerprint density at radius 2 is 1.84 bits per heavy atom. The zero-order valence-corrected chi connectivity index (χ0v) is 17.3. The number of aryl methyl sites for hydroxylation is 1. The molecule has 0 saturated heterocycles. The average Bonchev–Trinajstić information content (AvgIpc) is 3.42. The third-order valence-electron chi connectivity index (χ3n) is 4.71. The van der Waals surface area contributed by atoms with Crippen molar-refractivity contribution in [3.63, 3.8) is 0 Å². The highest BCUT2D eigenvalue weighted by Crippen LogP contribution is 2.25. The molecule has 0 aliphatic heterocycles. The molecule has 4 aromatic rings. The van der Waals surface area contributed by atoms with Crippen molar-refractivity contribution in [2.45, 2.75) is 20.8 Å². The van der Waals surface area contributed by atoms with Crippen LogP contribution in [0.2, 0.25) is 0 Å². The minimum atomic E-state index is -0.954. The molecule has 0 saturated carbocycles. The van der Waals surface area contributed by atoms with Gasteiger partial charge in [0.25, 0.3) is 0 Å². The van der Waals surface area contributed by atoms with Gasteiger partial charge in [-0.05, 0) is 50.2 Å². The summed E-state index contributed by atoms with van der Waals surface area (Å²) in [6.45, 7) is 5.07. The molecule has 0 spiro atoms. The largest absolute Gasteiger partial charge is 0.492 e. The first-order chi connectivity index (χ1) is 14.8. The highest BCUT2D eigenvalue weighted by Gasteiger charge is 2.28. The van der Waals surface area contributed by atoms with E-state index in [1.165, 1.54) is 0 Å². The first-order valence-corrected chi connectivity index (χ1v) is 9.60. The molecule has 3 heterocycles. The summed E-state index contributed by atoms with van der Waals surface area (Å²) in [5.41, 5.74) is 2.24. The SMILES string of the molecule is Cc1nc(-c2cnc(-c3ccc(-c4ccc(OCC(C)(C)C(=O)O)cc4)nc3)[nH]2)no1. The second-order valence-electron chi connectivity index (χ2n) is 7.72. The van der Waals surface area contributed by atoms with Crippen molar-refractivity contribution in [2.75, 3.05) is 6.61 Å². The van der Waals surface area contributed by atoms with Crippen LogP contribution >= 0.6 is 0 Å². The number of carbonyl (C=O) groups is 1. The molecule has 2 N–H and O–H groups in total. The number of H-pyrrole nitrogens is 1. The van der Waals surface area contributed by atoms with Gasteiger partial charge < -0.3 is 19.4 Å². The van der Waals surface area contributed by atoms with Crippen LogP contribution in [0.4, 0.5) is 0 Å². The highest BCUT2D eigenvalue weighted by atomic mass is 16.5. The number of imidazole rings is 1. The van der Waals surface area contributed by atoms with Gasteiger partial charge in [0.15, 0.2) is 0 Å². The van der Waals surface area contributed by atoms with E-state index in [0.717, 1.165) is 16.8 Å². The van der Waals surface area contributed by atoms with Crippen molar-refractivity contribution in [3.05, 3.63) is 54.7 Å². The van der Waals surface area contributed by atoms with Crippen LogP contribution < -0.4 is 4.74 Å². The topological polar surface area (TPSA) is 127 Å². The zero-order valence-electron chi connectivity index (χ0n) is 17.3. The minimum absolute atomic E-state index is 0.0865. The molecule has 9 nitrogen and oxygen atoms in total. The van der Waals surface area contributed by atoms with Crippen molar-refractivity contribution in [2.24, 2.45) is 5.41 Å². The number of hydrogen-bond donors (Lipinski definition) is 2. The number of aromatic nitrogens is 5. The van der Waals surface area contributed by atoms with E-state index in [0.29, 0.717) is 29.0 Å². The number of carboxylic acids is 1. The molecule has 9 heteroatoms. The number of hydrogen-bond acceptors (Lipinski definition) is 7. The van der Waals surface area contributed by atoms with Crippen LogP contribution in [0.25, 0.3) is 34.2 Å². The number of ether oxygens (including phenoxy) is 1. The summed E-state index contributed by atoms with van der Waals surface area (Å²) in [7, 11) is 0. The van der Waals surface area contributed by atoms with Crippen LogP contribution in [0.5, 0.6) is 5.75 Å². The van der Waals surface area contributed by atoms with Gasteiger partial charge >= 0.3 is 5.97 Å². The number of nitrogens with zero attached hydrogens (tertiary/aromatic N) is 4. The fourth-order valence-electron chi connectivity index (χ4n) is 2.74. The summed E-state index contributed by atoms with van der Waals surface area (Å²) < 4.78 is 10.6. The maximum Gasteiger partial charge on any atom is 0.312 e. The fourth-order valence-corrected chi connectivity index (χ4v) is 2.74. The Hall–Kier alpha value is -4.01. The van der Waals surface area contributed by atoms with Gasteiger partial charge in [-0.2, -0.15) is 4.98 Å². The van der Waals surface area contributed by atoms with E-state index >= 15 is 0 Å². The van der Waals surface area contributed by atoms with E-state index < -0.39 is 11.4 Å². The number of aromatic amines is 1. The van der Waals surface area contributed by atoms with E-state index in [9.17, 15) is 9.90 Å². The standard InChI is InChI=1S/C22H21N5O4/c1-13-25-20(27-31-13)18-11-24-19(26-18)15-6-9-17(23-10-15)14-4-7-16(8-5-14)30-12-22(2,3)21(28)29/h4-11H,12H2,1-3H3,(H,24,26)(H,28,29). The van der Waals surface area contributed by atoms with Gasteiger partial charge in [-0.1, -0.05) is 5.16 Å². The lowest BCUT2D eigenvalue weighted by Gasteiger charge is -2.19. The molecule has 31 heavy (non-hydrogen) atoms. The van der Waals surface area contributed by atoms with E-state index in [1.54, 1.807) is 45.3 Å². The molecule has 0 bridgehead atoms. The van der Waals surface area contributed by atoms with Gasteiger partial charge in [-0.15, -0.1) is 0 Å². The zero-order chi connectivity index (χ0) is 22.0. The normalized spacial score (nSPS) is 11.5. The van der Waals surface area contributed by atoms with Crippen LogP contribution in [-0.4, -0.2) is 42.8 Å². The van der Waals surface area contributed by atoms with Crippen LogP contribution in [0.15, 0.2) is 53.3 Å². The molecule has 0 aliphatic rings. The smallest absolute Gasteiger partial charge is 0.312 e. The quantitative estimate of drug-likeness (QED) is 0.460. The lowest BCUT2D eigenvalue weighted by atomic mass is 9.95. The molecule has 0 amide bonds. The number of aliphatic carboxylic acids is 1. The summed E-state index contributed by atoms with van der Waals surface area (Å²) in [5.74, 6) is 1.30. The van der Waals surface area contributed by atoms with Crippen molar-refractivity contribution >= 4 is 5.97 Å². The maximum absolute atomic E-state index is 11.2. The Morgan fingerprint density at radius 3 is 2.45 bits per heavy atom. The van der Waals surface area contributed by atoms with Crippen LogP contribution in [0.1, 0.15) is 19.7 Å². The predicted octanol–water partition coefficient (Wildman–Crippen LogP) is 3.99. The third kappa shape index (κ3) is 4.45. The molecule has 0 unspecified atom stereocenters. The van der Waals surface area contributed by atoms with Crippen molar-refractivity contribution in [3.8, 4) is 39.9 Å². The van der Waals surface area contributed by atoms with E-state index in [2.05, 4.69) is 25.1 Å². The number of rotatable bonds is 7. The van der Waals surface area contributed by atoms with Crippen molar-refractivity contribution < 1.29 is 19.2 Å². The molecule has 158 valence electrons. The Labute approximate surface area is 178 Å². The summed E-state index contributed by atoms with van der Waals surface area (Å²) >= 11 is 0. The van der Waals surface area contributed by atoms with Crippen LogP contribution in [0.3, 0.4) is 0 Å². The number of carboxylic acid groups (broad SMARTS) is 1. The lowest BCUT2D eigenvalue weighted by Crippen LogP contribution is -2.30. The third-order valence-corrected chi connectivity index (χ3v) is 4.71. The van der Waals surface area contributed by atoms with Gasteiger partial charge in [-0.3, -0.25) is 9.78 Å². The Kier molecular flexibility index (Phi) is 5.24. The first kappa shape index (κ1) is 20.3. The molecule has 4 rings (SSSR count). The number of benzene rings is 1. The van der Waals surface area contributed by atoms with Crippen molar-refractivity contribution in [1.82, 2.24) is 25.1 Å². The van der Waals surface area contributed by atoms with E-state index in [4.69, 9.17) is 9.26 Å². The van der Waals surface area contributed by atoms with Crippen LogP contribution in [0, 0.1) is 12.3 Å². The molecule has 1 aromatic carbocycles. The summed E-state index contributed by atoms with van der Waals surface area (Å²) in [6, 6.07) is 11.2. The molecule has 0 fully saturated rings. The van der Waals surface area contributed by atoms with Gasteiger partial charge in [0.2, 0.25) is 11.7 Å².